The van der Waals surface area contributed by atoms with Crippen LogP contribution in [0.1, 0.15) is 47.5 Å². The SMILES string of the molecule is C=C(C)CC(C)C(CC)=C(C)C. The molecule has 0 saturated carbocycles. The van der Waals surface area contributed by atoms with Gasteiger partial charge in [-0.15, -0.1) is 6.58 Å². The number of hydrogen-bond acceptors (Lipinski definition) is 0. The van der Waals surface area contributed by atoms with Gasteiger partial charge in [-0.25, -0.2) is 0 Å². The van der Waals surface area contributed by atoms with Gasteiger partial charge in [0.15, 0.2) is 0 Å². The minimum atomic E-state index is 0.678. The average molecular weight is 166 g/mol. The fourth-order valence-electron chi connectivity index (χ4n) is 1.84. The summed E-state index contributed by atoms with van der Waals surface area (Å²) < 4.78 is 0. The van der Waals surface area contributed by atoms with Gasteiger partial charge in [-0.05, 0) is 39.5 Å². The number of hydrogen-bond donors (Lipinski definition) is 0. The van der Waals surface area contributed by atoms with Crippen molar-refractivity contribution in [2.45, 2.75) is 47.5 Å². The van der Waals surface area contributed by atoms with E-state index in [9.17, 15) is 0 Å². The second kappa shape index (κ2) is 5.18. The monoisotopic (exact) mass is 166 g/mol. The summed E-state index contributed by atoms with van der Waals surface area (Å²) in [5.41, 5.74) is 4.36. The van der Waals surface area contributed by atoms with Crippen molar-refractivity contribution < 1.29 is 0 Å². The summed E-state index contributed by atoms with van der Waals surface area (Å²) in [6.07, 6.45) is 2.31. The van der Waals surface area contributed by atoms with Gasteiger partial charge in [-0.3, -0.25) is 0 Å². The molecule has 0 rings (SSSR count). The van der Waals surface area contributed by atoms with Gasteiger partial charge in [0.2, 0.25) is 0 Å². The molecule has 1 atom stereocenters. The van der Waals surface area contributed by atoms with Crippen molar-refractivity contribution in [3.05, 3.63) is 23.3 Å². The molecule has 0 spiro atoms. The summed E-state index contributed by atoms with van der Waals surface area (Å²) in [6, 6.07) is 0. The normalized spacial score (nSPS) is 12.4. The third kappa shape index (κ3) is 3.75. The van der Waals surface area contributed by atoms with E-state index < -0.39 is 0 Å². The summed E-state index contributed by atoms with van der Waals surface area (Å²) in [4.78, 5) is 0. The zero-order valence-corrected chi connectivity index (χ0v) is 9.20. The van der Waals surface area contributed by atoms with Crippen LogP contribution in [0.5, 0.6) is 0 Å². The molecule has 12 heavy (non-hydrogen) atoms. The Morgan fingerprint density at radius 2 is 1.75 bits per heavy atom. The maximum Gasteiger partial charge on any atom is -0.0192 e. The van der Waals surface area contributed by atoms with Crippen molar-refractivity contribution in [2.75, 3.05) is 0 Å². The predicted octanol–water partition coefficient (Wildman–Crippen LogP) is 4.34. The molecule has 0 N–H and O–H groups in total. The first-order valence-electron chi connectivity index (χ1n) is 4.79. The van der Waals surface area contributed by atoms with Crippen LogP contribution in [0.25, 0.3) is 0 Å². The lowest BCUT2D eigenvalue weighted by Crippen LogP contribution is -2.01. The molecular weight excluding hydrogens is 144 g/mol. The summed E-state index contributed by atoms with van der Waals surface area (Å²) in [5, 5.41) is 0. The third-order valence-electron chi connectivity index (χ3n) is 2.27. The molecule has 0 amide bonds. The lowest BCUT2D eigenvalue weighted by atomic mass is 9.90. The predicted molar refractivity (Wildman–Crippen MR) is 57.3 cm³/mol. The molecule has 0 aliphatic rings. The van der Waals surface area contributed by atoms with E-state index in [4.69, 9.17) is 0 Å². The topological polar surface area (TPSA) is 0 Å². The zero-order chi connectivity index (χ0) is 9.72. The second-order valence-electron chi connectivity index (χ2n) is 3.94. The molecule has 1 unspecified atom stereocenters. The van der Waals surface area contributed by atoms with Gasteiger partial charge in [0.25, 0.3) is 0 Å². The molecule has 0 bridgehead atoms. The Hall–Kier alpha value is -0.520. The maximum atomic E-state index is 3.95. The molecule has 0 aromatic rings. The molecule has 0 heterocycles. The summed E-state index contributed by atoms with van der Waals surface area (Å²) in [6.45, 7) is 15.0. The number of rotatable bonds is 4. The van der Waals surface area contributed by atoms with Crippen molar-refractivity contribution in [3.8, 4) is 0 Å². The maximum absolute atomic E-state index is 3.95. The first kappa shape index (κ1) is 11.5. The van der Waals surface area contributed by atoms with Crippen LogP contribution >= 0.6 is 0 Å². The molecule has 0 saturated heterocycles. The van der Waals surface area contributed by atoms with Crippen molar-refractivity contribution in [1.82, 2.24) is 0 Å². The van der Waals surface area contributed by atoms with Crippen LogP contribution in [0.3, 0.4) is 0 Å². The van der Waals surface area contributed by atoms with Crippen LogP contribution in [-0.4, -0.2) is 0 Å². The van der Waals surface area contributed by atoms with E-state index in [2.05, 4.69) is 41.2 Å². The second-order valence-corrected chi connectivity index (χ2v) is 3.94. The molecule has 0 aliphatic heterocycles. The minimum absolute atomic E-state index is 0.678. The van der Waals surface area contributed by atoms with Gasteiger partial charge in [0.1, 0.15) is 0 Å². The molecule has 0 heteroatoms. The Labute approximate surface area is 77.4 Å². The van der Waals surface area contributed by atoms with Gasteiger partial charge in [-0.1, -0.05) is 30.6 Å². The lowest BCUT2D eigenvalue weighted by Gasteiger charge is -2.16. The van der Waals surface area contributed by atoms with Crippen molar-refractivity contribution in [1.29, 1.82) is 0 Å². The molecular formula is C12H22. The molecule has 0 radical (unpaired) electrons. The van der Waals surface area contributed by atoms with E-state index in [0.29, 0.717) is 5.92 Å². The summed E-state index contributed by atoms with van der Waals surface area (Å²) >= 11 is 0. The van der Waals surface area contributed by atoms with Crippen LogP contribution in [0.4, 0.5) is 0 Å². The first-order chi connectivity index (χ1) is 5.49. The molecule has 0 nitrogen and oxygen atoms in total. The van der Waals surface area contributed by atoms with Crippen LogP contribution in [0.2, 0.25) is 0 Å². The Morgan fingerprint density at radius 3 is 2.00 bits per heavy atom. The van der Waals surface area contributed by atoms with Gasteiger partial charge in [0.05, 0.1) is 0 Å². The van der Waals surface area contributed by atoms with E-state index in [1.165, 1.54) is 17.6 Å². The smallest absolute Gasteiger partial charge is 0.0192 e. The quantitative estimate of drug-likeness (QED) is 0.545. The van der Waals surface area contributed by atoms with E-state index in [-0.39, 0.29) is 0 Å². The van der Waals surface area contributed by atoms with Crippen LogP contribution < -0.4 is 0 Å². The molecule has 0 fully saturated rings. The van der Waals surface area contributed by atoms with Crippen molar-refractivity contribution in [3.63, 3.8) is 0 Å². The molecule has 0 aromatic heterocycles. The fourth-order valence-corrected chi connectivity index (χ4v) is 1.84. The summed E-state index contributed by atoms with van der Waals surface area (Å²) in [7, 11) is 0. The summed E-state index contributed by atoms with van der Waals surface area (Å²) in [5.74, 6) is 0.678. The highest BCUT2D eigenvalue weighted by molar-refractivity contribution is 5.14. The van der Waals surface area contributed by atoms with Crippen LogP contribution in [0, 0.1) is 5.92 Å². The Bertz CT molecular complexity index is 180. The average Bonchev–Trinajstić information content (AvgIpc) is 1.85. The highest BCUT2D eigenvalue weighted by atomic mass is 14.1. The minimum Gasteiger partial charge on any atom is -0.100 e. The van der Waals surface area contributed by atoms with E-state index in [1.807, 2.05) is 0 Å². The van der Waals surface area contributed by atoms with Crippen LogP contribution in [0.15, 0.2) is 23.3 Å². The molecule has 0 aliphatic carbocycles. The van der Waals surface area contributed by atoms with E-state index >= 15 is 0 Å². The Kier molecular flexibility index (Phi) is 4.96. The van der Waals surface area contributed by atoms with Crippen molar-refractivity contribution in [2.24, 2.45) is 5.92 Å². The fraction of sp³-hybridized carbons (Fsp3) is 0.667. The Balaban J connectivity index is 4.33. The number of allylic oxidation sites excluding steroid dienone is 3. The zero-order valence-electron chi connectivity index (χ0n) is 9.20. The Morgan fingerprint density at radius 1 is 1.25 bits per heavy atom. The largest absolute Gasteiger partial charge is 0.100 e. The standard InChI is InChI=1S/C12H22/c1-7-12(10(4)5)11(6)8-9(2)3/h11H,2,7-8H2,1,3-6H3. The lowest BCUT2D eigenvalue weighted by molar-refractivity contribution is 0.641. The van der Waals surface area contributed by atoms with Gasteiger partial charge >= 0.3 is 0 Å². The van der Waals surface area contributed by atoms with Crippen LogP contribution in [-0.2, 0) is 0 Å². The van der Waals surface area contributed by atoms with E-state index in [0.717, 1.165) is 6.42 Å². The van der Waals surface area contributed by atoms with Crippen molar-refractivity contribution >= 4 is 0 Å². The highest BCUT2D eigenvalue weighted by Gasteiger charge is 2.07. The third-order valence-corrected chi connectivity index (χ3v) is 2.27. The van der Waals surface area contributed by atoms with Gasteiger partial charge in [-0.2, -0.15) is 0 Å². The highest BCUT2D eigenvalue weighted by Crippen LogP contribution is 2.23. The van der Waals surface area contributed by atoms with Gasteiger partial charge in [0, 0.05) is 0 Å². The molecule has 0 aromatic carbocycles. The first-order valence-corrected chi connectivity index (χ1v) is 4.79. The van der Waals surface area contributed by atoms with E-state index in [1.54, 1.807) is 5.57 Å². The molecule has 70 valence electrons. The van der Waals surface area contributed by atoms with Gasteiger partial charge < -0.3 is 0 Å².